The van der Waals surface area contributed by atoms with Crippen LogP contribution in [0.3, 0.4) is 0 Å². The summed E-state index contributed by atoms with van der Waals surface area (Å²) >= 11 is 1.91. The van der Waals surface area contributed by atoms with Crippen LogP contribution in [-0.2, 0) is 4.79 Å². The first-order valence-corrected chi connectivity index (χ1v) is 8.45. The summed E-state index contributed by atoms with van der Waals surface area (Å²) in [6.07, 6.45) is 3.56. The molecule has 114 valence electrons. The predicted octanol–water partition coefficient (Wildman–Crippen LogP) is 1.03. The van der Waals surface area contributed by atoms with E-state index < -0.39 is 0 Å². The number of carbonyl (C=O) groups excluding carboxylic acids is 1. The maximum absolute atomic E-state index is 12.7. The summed E-state index contributed by atoms with van der Waals surface area (Å²) in [7, 11) is 1.59. The minimum atomic E-state index is -0.125. The van der Waals surface area contributed by atoms with Crippen LogP contribution < -0.4 is 9.64 Å². The molecule has 0 N–H and O–H groups in total. The maximum atomic E-state index is 12.7. The molecule has 6 nitrogen and oxygen atoms in total. The van der Waals surface area contributed by atoms with Crippen LogP contribution in [0.2, 0.25) is 0 Å². The fourth-order valence-corrected chi connectivity index (χ4v) is 3.74. The second-order valence-electron chi connectivity index (χ2n) is 5.19. The molecule has 0 aliphatic carbocycles. The highest BCUT2D eigenvalue weighted by atomic mass is 32.2. The molecule has 21 heavy (non-hydrogen) atoms. The highest BCUT2D eigenvalue weighted by Gasteiger charge is 2.35. The van der Waals surface area contributed by atoms with E-state index in [9.17, 15) is 4.79 Å². The van der Waals surface area contributed by atoms with Gasteiger partial charge in [-0.25, -0.2) is 4.98 Å². The van der Waals surface area contributed by atoms with Crippen molar-refractivity contribution in [1.29, 1.82) is 0 Å². The summed E-state index contributed by atoms with van der Waals surface area (Å²) in [5.74, 6) is 3.42. The van der Waals surface area contributed by atoms with Gasteiger partial charge < -0.3 is 14.5 Å². The summed E-state index contributed by atoms with van der Waals surface area (Å²) in [5.41, 5.74) is 0. The highest BCUT2D eigenvalue weighted by Crippen LogP contribution is 2.25. The first-order valence-electron chi connectivity index (χ1n) is 7.30. The van der Waals surface area contributed by atoms with E-state index in [1.807, 2.05) is 21.6 Å². The Kier molecular flexibility index (Phi) is 4.48. The topological polar surface area (TPSA) is 58.6 Å². The second-order valence-corrected chi connectivity index (χ2v) is 6.41. The lowest BCUT2D eigenvalue weighted by molar-refractivity contribution is -0.132. The van der Waals surface area contributed by atoms with E-state index >= 15 is 0 Å². The molecule has 1 amide bonds. The smallest absolute Gasteiger partial charge is 0.245 e. The van der Waals surface area contributed by atoms with Gasteiger partial charge in [-0.05, 0) is 12.8 Å². The Morgan fingerprint density at radius 2 is 2.19 bits per heavy atom. The average molecular weight is 308 g/mol. The second kappa shape index (κ2) is 6.51. The van der Waals surface area contributed by atoms with Crippen LogP contribution in [0.4, 0.5) is 5.95 Å². The maximum Gasteiger partial charge on any atom is 0.245 e. The van der Waals surface area contributed by atoms with E-state index in [-0.39, 0.29) is 11.9 Å². The van der Waals surface area contributed by atoms with Crippen molar-refractivity contribution < 1.29 is 9.53 Å². The summed E-state index contributed by atoms with van der Waals surface area (Å²) in [6, 6.07) is 1.60. The molecule has 1 aromatic heterocycles. The van der Waals surface area contributed by atoms with E-state index in [4.69, 9.17) is 4.74 Å². The molecule has 2 aliphatic heterocycles. The molecule has 2 saturated heterocycles. The van der Waals surface area contributed by atoms with Crippen molar-refractivity contribution in [3.05, 3.63) is 12.3 Å². The number of nitrogens with zero attached hydrogens (tertiary/aromatic N) is 4. The van der Waals surface area contributed by atoms with E-state index in [1.54, 1.807) is 19.4 Å². The molecule has 0 saturated carbocycles. The van der Waals surface area contributed by atoms with Gasteiger partial charge in [-0.15, -0.1) is 0 Å². The predicted molar refractivity (Wildman–Crippen MR) is 82.9 cm³/mol. The first-order chi connectivity index (χ1) is 10.3. The summed E-state index contributed by atoms with van der Waals surface area (Å²) in [4.78, 5) is 25.4. The third-order valence-electron chi connectivity index (χ3n) is 3.94. The van der Waals surface area contributed by atoms with Gasteiger partial charge in [0, 0.05) is 43.4 Å². The molecule has 2 fully saturated rings. The fraction of sp³-hybridized carbons (Fsp3) is 0.643. The van der Waals surface area contributed by atoms with Crippen molar-refractivity contribution >= 4 is 23.6 Å². The molecule has 0 spiro atoms. The van der Waals surface area contributed by atoms with Gasteiger partial charge in [-0.1, -0.05) is 0 Å². The number of anilines is 1. The minimum absolute atomic E-state index is 0.125. The lowest BCUT2D eigenvalue weighted by atomic mass is 10.2. The third-order valence-corrected chi connectivity index (χ3v) is 4.89. The Bertz CT molecular complexity index is 508. The number of ether oxygens (including phenoxy) is 1. The van der Waals surface area contributed by atoms with Crippen LogP contribution in [0, 0.1) is 0 Å². The van der Waals surface area contributed by atoms with Gasteiger partial charge in [0.25, 0.3) is 0 Å². The molecule has 1 atom stereocenters. The minimum Gasteiger partial charge on any atom is -0.481 e. The number of aromatic nitrogens is 2. The molecular weight excluding hydrogens is 288 g/mol. The third kappa shape index (κ3) is 3.07. The zero-order chi connectivity index (χ0) is 14.7. The quantitative estimate of drug-likeness (QED) is 0.831. The molecule has 0 radical (unpaired) electrons. The highest BCUT2D eigenvalue weighted by molar-refractivity contribution is 7.99. The molecule has 0 bridgehead atoms. The molecule has 0 unspecified atom stereocenters. The van der Waals surface area contributed by atoms with Gasteiger partial charge >= 0.3 is 0 Å². The van der Waals surface area contributed by atoms with Crippen LogP contribution in [0.15, 0.2) is 12.3 Å². The van der Waals surface area contributed by atoms with Crippen molar-refractivity contribution in [1.82, 2.24) is 14.9 Å². The zero-order valence-corrected chi connectivity index (χ0v) is 13.0. The van der Waals surface area contributed by atoms with E-state index in [0.717, 1.165) is 44.0 Å². The molecule has 3 rings (SSSR count). The van der Waals surface area contributed by atoms with Gasteiger partial charge in [0.2, 0.25) is 17.7 Å². The monoisotopic (exact) mass is 308 g/mol. The number of carbonyl (C=O) groups is 1. The number of amides is 1. The van der Waals surface area contributed by atoms with Crippen molar-refractivity contribution in [2.45, 2.75) is 18.9 Å². The average Bonchev–Trinajstić information content (AvgIpc) is 3.04. The number of hydrogen-bond acceptors (Lipinski definition) is 6. The number of hydrogen-bond donors (Lipinski definition) is 0. The standard InChI is InChI=1S/C14H20N4O2S/c1-20-12-4-5-15-14(16-12)18-6-2-3-11(18)13(19)17-7-9-21-10-8-17/h4-5,11H,2-3,6-10H2,1H3/t11-/m1/s1. The van der Waals surface area contributed by atoms with Gasteiger partial charge in [-0.3, -0.25) is 4.79 Å². The molecular formula is C14H20N4O2S. The van der Waals surface area contributed by atoms with Gasteiger partial charge in [-0.2, -0.15) is 16.7 Å². The molecule has 3 heterocycles. The molecule has 0 aromatic carbocycles. The van der Waals surface area contributed by atoms with Gasteiger partial charge in [0.15, 0.2) is 0 Å². The lowest BCUT2D eigenvalue weighted by Crippen LogP contribution is -2.49. The van der Waals surface area contributed by atoms with Crippen LogP contribution in [0.25, 0.3) is 0 Å². The Balaban J connectivity index is 1.76. The Hall–Kier alpha value is -1.50. The molecule has 2 aliphatic rings. The zero-order valence-electron chi connectivity index (χ0n) is 12.2. The van der Waals surface area contributed by atoms with Crippen LogP contribution in [-0.4, -0.2) is 65.1 Å². The number of methoxy groups -OCH3 is 1. The molecule has 7 heteroatoms. The summed E-state index contributed by atoms with van der Waals surface area (Å²) in [6.45, 7) is 2.53. The fourth-order valence-electron chi connectivity index (χ4n) is 2.84. The van der Waals surface area contributed by atoms with Gasteiger partial charge in [0.05, 0.1) is 7.11 Å². The Labute approximate surface area is 128 Å². The summed E-state index contributed by atoms with van der Waals surface area (Å²) < 4.78 is 5.15. The van der Waals surface area contributed by atoms with E-state index in [2.05, 4.69) is 9.97 Å². The number of thioether (sulfide) groups is 1. The van der Waals surface area contributed by atoms with Gasteiger partial charge in [0.1, 0.15) is 6.04 Å². The SMILES string of the molecule is COc1ccnc(N2CCC[C@@H]2C(=O)N2CCSCC2)n1. The van der Waals surface area contributed by atoms with Crippen LogP contribution in [0.5, 0.6) is 5.88 Å². The van der Waals surface area contributed by atoms with E-state index in [1.165, 1.54) is 0 Å². The largest absolute Gasteiger partial charge is 0.481 e. The van der Waals surface area contributed by atoms with Crippen LogP contribution in [0.1, 0.15) is 12.8 Å². The Morgan fingerprint density at radius 1 is 1.38 bits per heavy atom. The molecule has 1 aromatic rings. The number of rotatable bonds is 3. The van der Waals surface area contributed by atoms with Crippen LogP contribution >= 0.6 is 11.8 Å². The van der Waals surface area contributed by atoms with Crippen molar-refractivity contribution in [3.8, 4) is 5.88 Å². The van der Waals surface area contributed by atoms with Crippen molar-refractivity contribution in [2.24, 2.45) is 0 Å². The van der Waals surface area contributed by atoms with Crippen molar-refractivity contribution in [3.63, 3.8) is 0 Å². The first kappa shape index (κ1) is 14.4. The van der Waals surface area contributed by atoms with Crippen molar-refractivity contribution in [2.75, 3.05) is 43.1 Å². The normalized spacial score (nSPS) is 22.4. The summed E-state index contributed by atoms with van der Waals surface area (Å²) in [5, 5.41) is 0. The Morgan fingerprint density at radius 3 is 2.95 bits per heavy atom. The lowest BCUT2D eigenvalue weighted by Gasteiger charge is -2.32. The van der Waals surface area contributed by atoms with E-state index in [0.29, 0.717) is 11.8 Å².